The molecule has 0 heterocycles. The van der Waals surface area contributed by atoms with Crippen molar-refractivity contribution in [1.29, 1.82) is 0 Å². The highest BCUT2D eigenvalue weighted by Gasteiger charge is 1.97. The lowest BCUT2D eigenvalue weighted by atomic mass is 10.1. The number of aliphatic imine (C=N–C) groups is 1. The third-order valence-electron chi connectivity index (χ3n) is 2.59. The van der Waals surface area contributed by atoms with E-state index < -0.39 is 0 Å². The Morgan fingerprint density at radius 1 is 1.28 bits per heavy atom. The lowest BCUT2D eigenvalue weighted by Gasteiger charge is -2.10. The number of nitrogens with zero attached hydrogens (tertiary/aromatic N) is 1. The highest BCUT2D eigenvalue weighted by Crippen LogP contribution is 2.12. The van der Waals surface area contributed by atoms with Crippen LogP contribution in [0.2, 0.25) is 0 Å². The molecule has 0 aliphatic carbocycles. The fraction of sp³-hybridized carbons (Fsp3) is 0.500. The van der Waals surface area contributed by atoms with E-state index in [2.05, 4.69) is 62.7 Å². The van der Waals surface area contributed by atoms with Crippen LogP contribution in [0.1, 0.15) is 25.3 Å². The van der Waals surface area contributed by atoms with Gasteiger partial charge in [0.2, 0.25) is 0 Å². The van der Waals surface area contributed by atoms with Gasteiger partial charge in [-0.15, -0.1) is 0 Å². The number of benzene rings is 1. The highest BCUT2D eigenvalue weighted by atomic mass is 79.9. The molecule has 100 valence electrons. The van der Waals surface area contributed by atoms with Gasteiger partial charge in [0.25, 0.3) is 0 Å². The Balaban J connectivity index is 2.22. The molecule has 0 bridgehead atoms. The fourth-order valence-electron chi connectivity index (χ4n) is 1.66. The lowest BCUT2D eigenvalue weighted by Crippen LogP contribution is -2.38. The largest absolute Gasteiger partial charge is 0.356 e. The molecule has 0 amide bonds. The predicted octanol–water partition coefficient (Wildman–Crippen LogP) is 2.96. The van der Waals surface area contributed by atoms with Gasteiger partial charge in [0.15, 0.2) is 5.96 Å². The molecule has 1 rings (SSSR count). The van der Waals surface area contributed by atoms with E-state index in [9.17, 15) is 0 Å². The number of rotatable bonds is 6. The van der Waals surface area contributed by atoms with Crippen LogP contribution in [0.4, 0.5) is 0 Å². The third-order valence-corrected chi connectivity index (χ3v) is 3.08. The zero-order valence-corrected chi connectivity index (χ0v) is 12.8. The van der Waals surface area contributed by atoms with Crippen LogP contribution in [-0.2, 0) is 6.42 Å². The second-order valence-electron chi connectivity index (χ2n) is 4.16. The molecule has 3 nitrogen and oxygen atoms in total. The van der Waals surface area contributed by atoms with Crippen molar-refractivity contribution in [2.24, 2.45) is 4.99 Å². The minimum atomic E-state index is 0.895. The van der Waals surface area contributed by atoms with Gasteiger partial charge in [-0.1, -0.05) is 35.0 Å². The van der Waals surface area contributed by atoms with E-state index in [0.717, 1.165) is 42.8 Å². The highest BCUT2D eigenvalue weighted by molar-refractivity contribution is 9.10. The molecule has 0 radical (unpaired) electrons. The number of aryl methyl sites for hydroxylation is 1. The molecule has 0 aromatic heterocycles. The summed E-state index contributed by atoms with van der Waals surface area (Å²) < 4.78 is 1.15. The Morgan fingerprint density at radius 2 is 2.06 bits per heavy atom. The predicted molar refractivity (Wildman–Crippen MR) is 82.1 cm³/mol. The van der Waals surface area contributed by atoms with Gasteiger partial charge in [-0.25, -0.2) is 0 Å². The summed E-state index contributed by atoms with van der Waals surface area (Å²) in [4.78, 5) is 4.17. The van der Waals surface area contributed by atoms with Gasteiger partial charge in [0.05, 0.1) is 0 Å². The molecule has 0 unspecified atom stereocenters. The van der Waals surface area contributed by atoms with E-state index in [1.165, 1.54) is 5.56 Å². The van der Waals surface area contributed by atoms with E-state index in [1.54, 1.807) is 7.05 Å². The molecule has 1 aromatic carbocycles. The van der Waals surface area contributed by atoms with Crippen molar-refractivity contribution >= 4 is 21.9 Å². The molecule has 1 aromatic rings. The second kappa shape index (κ2) is 8.97. The van der Waals surface area contributed by atoms with Crippen LogP contribution < -0.4 is 10.6 Å². The maximum Gasteiger partial charge on any atom is 0.190 e. The summed E-state index contributed by atoms with van der Waals surface area (Å²) in [6.45, 7) is 4.05. The molecular formula is C14H22BrN3. The van der Waals surface area contributed by atoms with Gasteiger partial charge >= 0.3 is 0 Å². The Labute approximate surface area is 118 Å². The SMILES string of the molecule is CCCNC(=NC)NCCCc1cccc(Br)c1. The summed E-state index contributed by atoms with van der Waals surface area (Å²) in [6.07, 6.45) is 3.29. The minimum Gasteiger partial charge on any atom is -0.356 e. The maximum atomic E-state index is 4.17. The molecule has 18 heavy (non-hydrogen) atoms. The average molecular weight is 312 g/mol. The number of hydrogen-bond acceptors (Lipinski definition) is 1. The van der Waals surface area contributed by atoms with Crippen molar-refractivity contribution in [3.63, 3.8) is 0 Å². The van der Waals surface area contributed by atoms with E-state index in [-0.39, 0.29) is 0 Å². The van der Waals surface area contributed by atoms with Crippen molar-refractivity contribution in [3.05, 3.63) is 34.3 Å². The molecule has 0 aliphatic heterocycles. The quantitative estimate of drug-likeness (QED) is 0.481. The molecule has 2 N–H and O–H groups in total. The second-order valence-corrected chi connectivity index (χ2v) is 5.07. The van der Waals surface area contributed by atoms with Crippen molar-refractivity contribution in [3.8, 4) is 0 Å². The van der Waals surface area contributed by atoms with Crippen LogP contribution in [0.5, 0.6) is 0 Å². The lowest BCUT2D eigenvalue weighted by molar-refractivity contribution is 0.734. The topological polar surface area (TPSA) is 36.4 Å². The fourth-order valence-corrected chi connectivity index (χ4v) is 2.10. The van der Waals surface area contributed by atoms with Gasteiger partial charge < -0.3 is 10.6 Å². The summed E-state index contributed by atoms with van der Waals surface area (Å²) in [5, 5.41) is 6.57. The summed E-state index contributed by atoms with van der Waals surface area (Å²) in [5.74, 6) is 0.895. The van der Waals surface area contributed by atoms with Crippen LogP contribution in [0.25, 0.3) is 0 Å². The molecule has 0 saturated heterocycles. The van der Waals surface area contributed by atoms with Crippen molar-refractivity contribution in [2.45, 2.75) is 26.2 Å². The summed E-state index contributed by atoms with van der Waals surface area (Å²) >= 11 is 3.49. The monoisotopic (exact) mass is 311 g/mol. The number of nitrogens with one attached hydrogen (secondary N) is 2. The van der Waals surface area contributed by atoms with Gasteiger partial charge in [-0.3, -0.25) is 4.99 Å². The zero-order chi connectivity index (χ0) is 13.2. The van der Waals surface area contributed by atoms with Gasteiger partial charge in [-0.05, 0) is 37.0 Å². The molecule has 0 fully saturated rings. The first kappa shape index (κ1) is 15.0. The van der Waals surface area contributed by atoms with Crippen LogP contribution in [0, 0.1) is 0 Å². The van der Waals surface area contributed by atoms with E-state index in [4.69, 9.17) is 0 Å². The average Bonchev–Trinajstić information content (AvgIpc) is 2.38. The zero-order valence-electron chi connectivity index (χ0n) is 11.2. The third kappa shape index (κ3) is 6.05. The summed E-state index contributed by atoms with van der Waals surface area (Å²) in [5.41, 5.74) is 1.36. The standard InChI is InChI=1S/C14H22BrN3/c1-3-9-17-14(16-2)18-10-5-7-12-6-4-8-13(15)11-12/h4,6,8,11H,3,5,7,9-10H2,1-2H3,(H2,16,17,18). The molecule has 0 spiro atoms. The normalized spacial score (nSPS) is 11.4. The Bertz CT molecular complexity index is 377. The van der Waals surface area contributed by atoms with Gasteiger partial charge in [-0.2, -0.15) is 0 Å². The van der Waals surface area contributed by atoms with Crippen molar-refractivity contribution in [2.75, 3.05) is 20.1 Å². The Kier molecular flexibility index (Phi) is 7.49. The molecule has 0 atom stereocenters. The van der Waals surface area contributed by atoms with Gasteiger partial charge in [0.1, 0.15) is 0 Å². The first-order chi connectivity index (χ1) is 8.76. The number of hydrogen-bond donors (Lipinski definition) is 2. The van der Waals surface area contributed by atoms with Crippen molar-refractivity contribution < 1.29 is 0 Å². The summed E-state index contributed by atoms with van der Waals surface area (Å²) in [7, 11) is 1.80. The van der Waals surface area contributed by atoms with Crippen molar-refractivity contribution in [1.82, 2.24) is 10.6 Å². The smallest absolute Gasteiger partial charge is 0.190 e. The van der Waals surface area contributed by atoms with E-state index >= 15 is 0 Å². The molecule has 0 saturated carbocycles. The molecule has 4 heteroatoms. The molecule has 0 aliphatic rings. The van der Waals surface area contributed by atoms with Crippen LogP contribution in [0.3, 0.4) is 0 Å². The van der Waals surface area contributed by atoms with Crippen LogP contribution in [-0.4, -0.2) is 26.1 Å². The summed E-state index contributed by atoms with van der Waals surface area (Å²) in [6, 6.07) is 8.46. The van der Waals surface area contributed by atoms with E-state index in [0.29, 0.717) is 0 Å². The van der Waals surface area contributed by atoms with Crippen LogP contribution in [0.15, 0.2) is 33.7 Å². The number of halogens is 1. The Hall–Kier alpha value is -1.03. The van der Waals surface area contributed by atoms with Gasteiger partial charge in [0, 0.05) is 24.6 Å². The molecular weight excluding hydrogens is 290 g/mol. The van der Waals surface area contributed by atoms with Crippen LogP contribution >= 0.6 is 15.9 Å². The first-order valence-electron chi connectivity index (χ1n) is 6.45. The maximum absolute atomic E-state index is 4.17. The van der Waals surface area contributed by atoms with E-state index in [1.807, 2.05) is 0 Å². The Morgan fingerprint density at radius 3 is 2.72 bits per heavy atom. The minimum absolute atomic E-state index is 0.895. The number of guanidine groups is 1. The first-order valence-corrected chi connectivity index (χ1v) is 7.24.